The Kier molecular flexibility index (Phi) is 5.13. The van der Waals surface area contributed by atoms with Crippen molar-refractivity contribution < 1.29 is 18.3 Å². The van der Waals surface area contributed by atoms with Crippen LogP contribution >= 0.6 is 0 Å². The molecule has 0 amide bonds. The monoisotopic (exact) mass is 347 g/mol. The van der Waals surface area contributed by atoms with E-state index >= 15 is 0 Å². The van der Waals surface area contributed by atoms with Crippen LogP contribution in [0.25, 0.3) is 5.57 Å². The van der Waals surface area contributed by atoms with E-state index < -0.39 is 11.7 Å². The smallest absolute Gasteiger partial charge is 0.416 e. The topological polar surface area (TPSA) is 23.5 Å². The molecule has 0 spiro atoms. The Labute approximate surface area is 145 Å². The van der Waals surface area contributed by atoms with Gasteiger partial charge in [0.05, 0.1) is 5.56 Å². The second-order valence-corrected chi connectivity index (χ2v) is 6.27. The van der Waals surface area contributed by atoms with Gasteiger partial charge in [-0.3, -0.25) is 4.90 Å². The number of halogens is 3. The molecule has 2 aromatic rings. The van der Waals surface area contributed by atoms with Crippen LogP contribution in [-0.4, -0.2) is 29.6 Å². The van der Waals surface area contributed by atoms with Crippen molar-refractivity contribution in [2.75, 3.05) is 19.6 Å². The lowest BCUT2D eigenvalue weighted by atomic mass is 9.97. The van der Waals surface area contributed by atoms with Crippen molar-refractivity contribution in [2.45, 2.75) is 19.0 Å². The summed E-state index contributed by atoms with van der Waals surface area (Å²) in [6, 6.07) is 12.7. The van der Waals surface area contributed by atoms with Crippen LogP contribution in [0.3, 0.4) is 0 Å². The van der Waals surface area contributed by atoms with Crippen molar-refractivity contribution in [3.63, 3.8) is 0 Å². The van der Waals surface area contributed by atoms with Gasteiger partial charge in [-0.15, -0.1) is 0 Å². The number of hydrogen-bond acceptors (Lipinski definition) is 2. The van der Waals surface area contributed by atoms with Crippen LogP contribution in [0.15, 0.2) is 54.6 Å². The highest BCUT2D eigenvalue weighted by Gasteiger charge is 2.30. The van der Waals surface area contributed by atoms with Crippen LogP contribution in [0, 0.1) is 0 Å². The highest BCUT2D eigenvalue weighted by Crippen LogP contribution is 2.32. The first-order chi connectivity index (χ1) is 11.9. The van der Waals surface area contributed by atoms with Gasteiger partial charge in [0.25, 0.3) is 0 Å². The van der Waals surface area contributed by atoms with Gasteiger partial charge in [0.2, 0.25) is 0 Å². The third-order valence-electron chi connectivity index (χ3n) is 4.51. The van der Waals surface area contributed by atoms with E-state index in [1.54, 1.807) is 18.2 Å². The summed E-state index contributed by atoms with van der Waals surface area (Å²) in [5, 5.41) is 9.29. The Balaban J connectivity index is 1.60. The van der Waals surface area contributed by atoms with Crippen molar-refractivity contribution in [3.8, 4) is 5.75 Å². The second kappa shape index (κ2) is 7.31. The molecule has 1 aliphatic rings. The Hall–Kier alpha value is -2.27. The highest BCUT2D eigenvalue weighted by atomic mass is 19.4. The van der Waals surface area contributed by atoms with Crippen LogP contribution in [0.1, 0.15) is 23.1 Å². The maximum Gasteiger partial charge on any atom is 0.416 e. The molecule has 0 radical (unpaired) electrons. The Morgan fingerprint density at radius 3 is 2.44 bits per heavy atom. The average Bonchev–Trinajstić information content (AvgIpc) is 2.61. The van der Waals surface area contributed by atoms with Gasteiger partial charge in [0.15, 0.2) is 0 Å². The molecule has 0 aliphatic carbocycles. The summed E-state index contributed by atoms with van der Waals surface area (Å²) in [5.74, 6) is 0.260. The van der Waals surface area contributed by atoms with Gasteiger partial charge in [-0.05, 0) is 53.8 Å². The minimum absolute atomic E-state index is 0.260. The van der Waals surface area contributed by atoms with Crippen molar-refractivity contribution in [1.29, 1.82) is 0 Å². The van der Waals surface area contributed by atoms with E-state index in [0.29, 0.717) is 5.56 Å². The zero-order valence-corrected chi connectivity index (χ0v) is 13.8. The van der Waals surface area contributed by atoms with E-state index in [1.807, 2.05) is 18.2 Å². The molecule has 3 rings (SSSR count). The van der Waals surface area contributed by atoms with Gasteiger partial charge in [-0.25, -0.2) is 0 Å². The molecule has 0 fully saturated rings. The first-order valence-electron chi connectivity index (χ1n) is 8.29. The maximum absolute atomic E-state index is 12.8. The minimum Gasteiger partial charge on any atom is -0.508 e. The molecule has 1 N–H and O–H groups in total. The summed E-state index contributed by atoms with van der Waals surface area (Å²) in [5.41, 5.74) is 2.20. The van der Waals surface area contributed by atoms with Crippen LogP contribution in [0.5, 0.6) is 5.75 Å². The lowest BCUT2D eigenvalue weighted by molar-refractivity contribution is -0.137. The van der Waals surface area contributed by atoms with E-state index in [1.165, 1.54) is 12.1 Å². The lowest BCUT2D eigenvalue weighted by Gasteiger charge is -2.26. The summed E-state index contributed by atoms with van der Waals surface area (Å²) in [7, 11) is 0. The molecule has 0 bridgehead atoms. The molecule has 2 aromatic carbocycles. The number of hydrogen-bond donors (Lipinski definition) is 1. The molecule has 1 aliphatic heterocycles. The summed E-state index contributed by atoms with van der Waals surface area (Å²) in [4.78, 5) is 2.28. The molecule has 5 heteroatoms. The van der Waals surface area contributed by atoms with E-state index in [-0.39, 0.29) is 5.75 Å². The minimum atomic E-state index is -4.30. The molecule has 1 heterocycles. The quantitative estimate of drug-likeness (QED) is 0.863. The average molecular weight is 347 g/mol. The predicted molar refractivity (Wildman–Crippen MR) is 92.3 cm³/mol. The van der Waals surface area contributed by atoms with Crippen LogP contribution in [-0.2, 0) is 12.6 Å². The number of nitrogens with zero attached hydrogens (tertiary/aromatic N) is 1. The lowest BCUT2D eigenvalue weighted by Crippen LogP contribution is -2.30. The third-order valence-corrected chi connectivity index (χ3v) is 4.51. The van der Waals surface area contributed by atoms with Crippen LogP contribution in [0.4, 0.5) is 13.2 Å². The van der Waals surface area contributed by atoms with Gasteiger partial charge < -0.3 is 5.11 Å². The predicted octanol–water partition coefficient (Wildman–Crippen LogP) is 4.74. The molecule has 132 valence electrons. The molecule has 2 nitrogen and oxygen atoms in total. The molecule has 0 unspecified atom stereocenters. The molecule has 0 saturated heterocycles. The normalized spacial score (nSPS) is 15.9. The van der Waals surface area contributed by atoms with Crippen molar-refractivity contribution >= 4 is 5.57 Å². The van der Waals surface area contributed by atoms with Crippen LogP contribution < -0.4 is 0 Å². The van der Waals surface area contributed by atoms with E-state index in [2.05, 4.69) is 4.90 Å². The van der Waals surface area contributed by atoms with Gasteiger partial charge in [0, 0.05) is 19.6 Å². The maximum atomic E-state index is 12.8. The third kappa shape index (κ3) is 4.63. The second-order valence-electron chi connectivity index (χ2n) is 6.27. The number of rotatable bonds is 4. The number of aromatic hydroxyl groups is 1. The Bertz CT molecular complexity index is 750. The molecule has 25 heavy (non-hydrogen) atoms. The number of phenolic OH excluding ortho intramolecular Hbond substituents is 1. The van der Waals surface area contributed by atoms with E-state index in [9.17, 15) is 18.3 Å². The number of phenols is 1. The van der Waals surface area contributed by atoms with E-state index in [4.69, 9.17) is 0 Å². The van der Waals surface area contributed by atoms with Crippen LogP contribution in [0.2, 0.25) is 0 Å². The molecule has 0 aromatic heterocycles. The highest BCUT2D eigenvalue weighted by molar-refractivity contribution is 5.67. The summed E-state index contributed by atoms with van der Waals surface area (Å²) in [6.07, 6.45) is -0.652. The van der Waals surface area contributed by atoms with Gasteiger partial charge in [-0.1, -0.05) is 30.3 Å². The SMILES string of the molecule is Oc1ccc(CCN2CC=C(c3cccc(C(F)(F)F)c3)CC2)cc1. The fourth-order valence-electron chi connectivity index (χ4n) is 3.02. The fourth-order valence-corrected chi connectivity index (χ4v) is 3.02. The zero-order valence-electron chi connectivity index (χ0n) is 13.8. The summed E-state index contributed by atoms with van der Waals surface area (Å²) >= 11 is 0. The molecule has 0 saturated carbocycles. The van der Waals surface area contributed by atoms with E-state index in [0.717, 1.165) is 49.7 Å². The van der Waals surface area contributed by atoms with Gasteiger partial charge in [-0.2, -0.15) is 13.2 Å². The molecular formula is C20H20F3NO. The summed E-state index contributed by atoms with van der Waals surface area (Å²) in [6.45, 7) is 2.46. The Morgan fingerprint density at radius 2 is 1.80 bits per heavy atom. The first-order valence-corrected chi connectivity index (χ1v) is 8.29. The first kappa shape index (κ1) is 17.5. The van der Waals surface area contributed by atoms with Gasteiger partial charge >= 0.3 is 6.18 Å². The fraction of sp³-hybridized carbons (Fsp3) is 0.300. The summed E-state index contributed by atoms with van der Waals surface area (Å²) < 4.78 is 38.5. The number of benzene rings is 2. The molecular weight excluding hydrogens is 327 g/mol. The standard InChI is InChI=1S/C20H20F3NO/c21-20(22,23)18-3-1-2-17(14-18)16-9-12-24(13-10-16)11-8-15-4-6-19(25)7-5-15/h1-7,9,14,25H,8,10-13H2. The molecule has 0 atom stereocenters. The van der Waals surface area contributed by atoms with Gasteiger partial charge in [0.1, 0.15) is 5.75 Å². The largest absolute Gasteiger partial charge is 0.508 e. The zero-order chi connectivity index (χ0) is 17.9. The van der Waals surface area contributed by atoms with Crippen molar-refractivity contribution in [2.24, 2.45) is 0 Å². The number of alkyl halides is 3. The Morgan fingerprint density at radius 1 is 1.04 bits per heavy atom. The van der Waals surface area contributed by atoms with Crippen molar-refractivity contribution in [1.82, 2.24) is 4.90 Å². The van der Waals surface area contributed by atoms with Crippen molar-refractivity contribution in [3.05, 3.63) is 71.3 Å².